The number of amides is 1. The van der Waals surface area contributed by atoms with E-state index in [4.69, 9.17) is 21.1 Å². The number of methoxy groups -OCH3 is 1. The molecule has 0 atom stereocenters. The van der Waals surface area contributed by atoms with E-state index in [-0.39, 0.29) is 17.9 Å². The molecule has 0 saturated carbocycles. The Hall–Kier alpha value is -3.18. The molecule has 3 aromatic carbocycles. The standard InChI is InChI=1S/C22H17ClIN3O5/c1-31-20-10-14(9-19(24)21(20)32-13-16-5-2-3-8-18(16)23)12-25-26-22(28)15-6-4-7-17(11-15)27(29)30/h2-12H,13H2,1H3,(H,26,28)/b25-12-. The third-order valence-electron chi connectivity index (χ3n) is 4.28. The molecule has 32 heavy (non-hydrogen) atoms. The number of nitrogens with one attached hydrogen (secondary N) is 1. The van der Waals surface area contributed by atoms with E-state index in [0.29, 0.717) is 22.1 Å². The highest BCUT2D eigenvalue weighted by Gasteiger charge is 2.13. The zero-order valence-corrected chi connectivity index (χ0v) is 19.7. The second-order valence-electron chi connectivity index (χ2n) is 6.42. The van der Waals surface area contributed by atoms with Gasteiger partial charge in [-0.1, -0.05) is 35.9 Å². The number of non-ortho nitro benzene ring substituents is 1. The SMILES string of the molecule is COc1cc(/C=N\NC(=O)c2cccc([N+](=O)[O-])c2)cc(I)c1OCc1ccccc1Cl. The molecule has 0 aliphatic heterocycles. The van der Waals surface area contributed by atoms with E-state index in [9.17, 15) is 14.9 Å². The number of hydrogen-bond acceptors (Lipinski definition) is 6. The second-order valence-corrected chi connectivity index (χ2v) is 7.99. The van der Waals surface area contributed by atoms with Gasteiger partial charge in [-0.2, -0.15) is 5.10 Å². The molecule has 0 aliphatic carbocycles. The number of hydrogen-bond donors (Lipinski definition) is 1. The van der Waals surface area contributed by atoms with Crippen LogP contribution < -0.4 is 14.9 Å². The average Bonchev–Trinajstić information content (AvgIpc) is 2.79. The summed E-state index contributed by atoms with van der Waals surface area (Å²) in [6.45, 7) is 0.277. The first kappa shape index (κ1) is 23.5. The third kappa shape index (κ3) is 5.95. The van der Waals surface area contributed by atoms with Gasteiger partial charge in [0.2, 0.25) is 0 Å². The molecule has 0 saturated heterocycles. The Morgan fingerprint density at radius 2 is 2.00 bits per heavy atom. The molecule has 0 fully saturated rings. The van der Waals surface area contributed by atoms with E-state index in [1.165, 1.54) is 37.6 Å². The number of halogens is 2. The monoisotopic (exact) mass is 565 g/mol. The first-order chi connectivity index (χ1) is 15.4. The quantitative estimate of drug-likeness (QED) is 0.175. The number of rotatable bonds is 8. The Kier molecular flexibility index (Phi) is 8.01. The summed E-state index contributed by atoms with van der Waals surface area (Å²) < 4.78 is 12.1. The molecule has 0 unspecified atom stereocenters. The van der Waals surface area contributed by atoms with Crippen LogP contribution >= 0.6 is 34.2 Å². The number of benzene rings is 3. The minimum absolute atomic E-state index is 0.131. The first-order valence-corrected chi connectivity index (χ1v) is 10.7. The van der Waals surface area contributed by atoms with Crippen LogP contribution in [0.4, 0.5) is 5.69 Å². The third-order valence-corrected chi connectivity index (χ3v) is 5.45. The molecule has 3 aromatic rings. The minimum Gasteiger partial charge on any atom is -0.493 e. The number of nitro groups is 1. The number of nitrogens with zero attached hydrogens (tertiary/aromatic N) is 2. The summed E-state index contributed by atoms with van der Waals surface area (Å²) in [6, 6.07) is 16.3. The van der Waals surface area contributed by atoms with Crippen molar-refractivity contribution in [1.29, 1.82) is 0 Å². The highest BCUT2D eigenvalue weighted by molar-refractivity contribution is 14.1. The van der Waals surface area contributed by atoms with Crippen molar-refractivity contribution in [3.05, 3.63) is 96.1 Å². The van der Waals surface area contributed by atoms with Crippen LogP contribution in [0.15, 0.2) is 65.8 Å². The van der Waals surface area contributed by atoms with Gasteiger partial charge in [0.25, 0.3) is 11.6 Å². The molecule has 0 aliphatic rings. The molecule has 0 heterocycles. The summed E-state index contributed by atoms with van der Waals surface area (Å²) in [4.78, 5) is 22.5. The van der Waals surface area contributed by atoms with E-state index < -0.39 is 10.8 Å². The van der Waals surface area contributed by atoms with Crippen molar-refractivity contribution in [1.82, 2.24) is 5.43 Å². The first-order valence-electron chi connectivity index (χ1n) is 9.20. The van der Waals surface area contributed by atoms with Gasteiger partial charge in [-0.05, 0) is 52.4 Å². The van der Waals surface area contributed by atoms with Crippen LogP contribution in [0.5, 0.6) is 11.5 Å². The van der Waals surface area contributed by atoms with Crippen molar-refractivity contribution < 1.29 is 19.2 Å². The van der Waals surface area contributed by atoms with Gasteiger partial charge in [-0.15, -0.1) is 0 Å². The zero-order chi connectivity index (χ0) is 23.1. The smallest absolute Gasteiger partial charge is 0.271 e. The van der Waals surface area contributed by atoms with Crippen molar-refractivity contribution in [2.75, 3.05) is 7.11 Å². The van der Waals surface area contributed by atoms with Crippen molar-refractivity contribution in [2.24, 2.45) is 5.10 Å². The Morgan fingerprint density at radius 1 is 1.22 bits per heavy atom. The van der Waals surface area contributed by atoms with Crippen LogP contribution in [-0.4, -0.2) is 24.2 Å². The summed E-state index contributed by atoms with van der Waals surface area (Å²) in [5, 5.41) is 15.4. The topological polar surface area (TPSA) is 103 Å². The predicted molar refractivity (Wildman–Crippen MR) is 130 cm³/mol. The van der Waals surface area contributed by atoms with Gasteiger partial charge < -0.3 is 9.47 Å². The van der Waals surface area contributed by atoms with E-state index in [1.54, 1.807) is 12.1 Å². The van der Waals surface area contributed by atoms with Gasteiger partial charge in [0.05, 0.1) is 21.8 Å². The van der Waals surface area contributed by atoms with Crippen LogP contribution in [0.3, 0.4) is 0 Å². The molecule has 0 spiro atoms. The summed E-state index contributed by atoms with van der Waals surface area (Å²) in [5.41, 5.74) is 3.83. The van der Waals surface area contributed by atoms with E-state index in [1.807, 2.05) is 24.3 Å². The lowest BCUT2D eigenvalue weighted by Crippen LogP contribution is -2.17. The van der Waals surface area contributed by atoms with Crippen LogP contribution in [0, 0.1) is 13.7 Å². The van der Waals surface area contributed by atoms with Crippen molar-refractivity contribution >= 4 is 52.0 Å². The molecule has 10 heteroatoms. The Morgan fingerprint density at radius 3 is 2.72 bits per heavy atom. The van der Waals surface area contributed by atoms with E-state index >= 15 is 0 Å². The van der Waals surface area contributed by atoms with Gasteiger partial charge in [0.15, 0.2) is 11.5 Å². The number of nitro benzene ring substituents is 1. The molecule has 1 amide bonds. The fraction of sp³-hybridized carbons (Fsp3) is 0.0909. The Balaban J connectivity index is 1.70. The van der Waals surface area contributed by atoms with Gasteiger partial charge in [-0.25, -0.2) is 5.43 Å². The average molecular weight is 566 g/mol. The molecule has 0 bridgehead atoms. The normalized spacial score (nSPS) is 10.7. The zero-order valence-electron chi connectivity index (χ0n) is 16.7. The summed E-state index contributed by atoms with van der Waals surface area (Å²) in [5.74, 6) is 0.493. The molecule has 8 nitrogen and oxygen atoms in total. The van der Waals surface area contributed by atoms with Crippen LogP contribution in [0.25, 0.3) is 0 Å². The molecule has 3 rings (SSSR count). The lowest BCUT2D eigenvalue weighted by atomic mass is 10.2. The van der Waals surface area contributed by atoms with Crippen molar-refractivity contribution in [3.63, 3.8) is 0 Å². The number of carbonyl (C=O) groups is 1. The van der Waals surface area contributed by atoms with Gasteiger partial charge in [-0.3, -0.25) is 14.9 Å². The van der Waals surface area contributed by atoms with E-state index in [0.717, 1.165) is 9.13 Å². The van der Waals surface area contributed by atoms with Gasteiger partial charge >= 0.3 is 0 Å². The highest BCUT2D eigenvalue weighted by atomic mass is 127. The fourth-order valence-electron chi connectivity index (χ4n) is 2.71. The predicted octanol–water partition coefficient (Wildman–Crippen LogP) is 5.20. The molecule has 1 N–H and O–H groups in total. The largest absolute Gasteiger partial charge is 0.493 e. The van der Waals surface area contributed by atoms with Crippen LogP contribution in [-0.2, 0) is 6.61 Å². The van der Waals surface area contributed by atoms with Gasteiger partial charge in [0, 0.05) is 28.3 Å². The summed E-state index contributed by atoms with van der Waals surface area (Å²) in [7, 11) is 1.53. The molecule has 0 aromatic heterocycles. The highest BCUT2D eigenvalue weighted by Crippen LogP contribution is 2.34. The maximum atomic E-state index is 12.2. The minimum atomic E-state index is -0.566. The maximum absolute atomic E-state index is 12.2. The molecular formula is C22H17ClIN3O5. The Bertz CT molecular complexity index is 1190. The summed E-state index contributed by atoms with van der Waals surface area (Å²) in [6.07, 6.45) is 1.44. The van der Waals surface area contributed by atoms with E-state index in [2.05, 4.69) is 33.1 Å². The van der Waals surface area contributed by atoms with Gasteiger partial charge in [0.1, 0.15) is 6.61 Å². The Labute approximate surface area is 202 Å². The molecule has 0 radical (unpaired) electrons. The van der Waals surface area contributed by atoms with Crippen LogP contribution in [0.2, 0.25) is 5.02 Å². The number of ether oxygens (including phenoxy) is 2. The van der Waals surface area contributed by atoms with Crippen LogP contribution in [0.1, 0.15) is 21.5 Å². The lowest BCUT2D eigenvalue weighted by molar-refractivity contribution is -0.384. The number of hydrazone groups is 1. The maximum Gasteiger partial charge on any atom is 0.271 e. The summed E-state index contributed by atoms with van der Waals surface area (Å²) >= 11 is 8.30. The lowest BCUT2D eigenvalue weighted by Gasteiger charge is -2.14. The fourth-order valence-corrected chi connectivity index (χ4v) is 3.68. The second kappa shape index (κ2) is 10.9. The van der Waals surface area contributed by atoms with Crippen molar-refractivity contribution in [3.8, 4) is 11.5 Å². The van der Waals surface area contributed by atoms with Crippen molar-refractivity contribution in [2.45, 2.75) is 6.61 Å². The number of carbonyl (C=O) groups excluding carboxylic acids is 1. The molecular weight excluding hydrogens is 549 g/mol. The molecule has 164 valence electrons.